The minimum absolute atomic E-state index is 0.00372. The second-order valence-corrected chi connectivity index (χ2v) is 9.31. The first-order chi connectivity index (χ1) is 15.0. The van der Waals surface area contributed by atoms with Gasteiger partial charge in [-0.3, -0.25) is 0 Å². The molecule has 0 spiro atoms. The average molecular weight is 508 g/mol. The van der Waals surface area contributed by atoms with E-state index in [0.29, 0.717) is 5.47 Å². The Bertz CT molecular complexity index is 975. The number of alkyl carbamates (subject to hydrolysis) is 1. The summed E-state index contributed by atoms with van der Waals surface area (Å²) in [6.45, 7) is 7.70. The average Bonchev–Trinajstić information content (AvgIpc) is 2.95. The lowest BCUT2D eigenvalue weighted by atomic mass is 9.77. The van der Waals surface area contributed by atoms with Gasteiger partial charge in [0.1, 0.15) is 18.2 Å². The predicted molar refractivity (Wildman–Crippen MR) is 123 cm³/mol. The molecule has 1 heterocycles. The molecule has 1 aliphatic heterocycles. The van der Waals surface area contributed by atoms with Crippen LogP contribution in [0, 0.1) is 11.6 Å². The highest BCUT2D eigenvalue weighted by Crippen LogP contribution is 2.39. The van der Waals surface area contributed by atoms with Gasteiger partial charge in [-0.2, -0.15) is 0 Å². The van der Waals surface area contributed by atoms with Crippen molar-refractivity contribution in [2.75, 3.05) is 6.54 Å². The molecule has 2 aromatic carbocycles. The van der Waals surface area contributed by atoms with Crippen LogP contribution in [0.5, 0.6) is 0 Å². The van der Waals surface area contributed by atoms with Gasteiger partial charge in [-0.1, -0.05) is 36.4 Å². The Hall–Kier alpha value is -2.23. The second kappa shape index (κ2) is 9.73. The number of nitrogens with one attached hydrogen (secondary N) is 1. The minimum atomic E-state index is -0.816. The van der Waals surface area contributed by atoms with Gasteiger partial charge in [-0.15, -0.1) is 0 Å². The van der Waals surface area contributed by atoms with Crippen LogP contribution in [-0.4, -0.2) is 31.0 Å². The Labute approximate surface area is 195 Å². The molecular weight excluding hydrogens is 483 g/mol. The molecule has 1 fully saturated rings. The molecular formula is C23H25BBrF2NO4. The van der Waals surface area contributed by atoms with E-state index in [2.05, 4.69) is 21.2 Å². The third-order valence-electron chi connectivity index (χ3n) is 5.56. The largest absolute Gasteiger partial charge is 0.492 e. The van der Waals surface area contributed by atoms with Crippen LogP contribution in [0.1, 0.15) is 38.8 Å². The van der Waals surface area contributed by atoms with Crippen molar-refractivity contribution >= 4 is 35.2 Å². The van der Waals surface area contributed by atoms with Gasteiger partial charge in [0.25, 0.3) is 0 Å². The molecule has 0 aliphatic carbocycles. The molecule has 1 aliphatic rings. The normalized spacial score (nSPS) is 17.3. The summed E-state index contributed by atoms with van der Waals surface area (Å²) >= 11 is 2.87. The Morgan fingerprint density at radius 2 is 1.66 bits per heavy atom. The van der Waals surface area contributed by atoms with E-state index in [0.717, 1.165) is 5.56 Å². The molecule has 0 unspecified atom stereocenters. The fourth-order valence-electron chi connectivity index (χ4n) is 3.02. The van der Waals surface area contributed by atoms with E-state index < -0.39 is 36.0 Å². The molecule has 170 valence electrons. The summed E-state index contributed by atoms with van der Waals surface area (Å²) in [7, 11) is -0.816. The zero-order chi connectivity index (χ0) is 23.5. The topological polar surface area (TPSA) is 56.8 Å². The van der Waals surface area contributed by atoms with Crippen LogP contribution in [0.3, 0.4) is 0 Å². The number of benzene rings is 2. The van der Waals surface area contributed by atoms with Crippen LogP contribution in [0.4, 0.5) is 13.6 Å². The number of carbonyl (C=O) groups is 1. The van der Waals surface area contributed by atoms with E-state index in [4.69, 9.17) is 14.0 Å². The maximum atomic E-state index is 14.0. The van der Waals surface area contributed by atoms with E-state index in [1.165, 1.54) is 18.2 Å². The number of halogens is 3. The first kappa shape index (κ1) is 24.4. The molecule has 0 saturated carbocycles. The van der Waals surface area contributed by atoms with Gasteiger partial charge in [0.15, 0.2) is 0 Å². The summed E-state index contributed by atoms with van der Waals surface area (Å²) in [5.41, 5.74) is 0.362. The van der Waals surface area contributed by atoms with Crippen molar-refractivity contribution < 1.29 is 27.6 Å². The highest BCUT2D eigenvalue weighted by atomic mass is 79.9. The lowest BCUT2D eigenvalue weighted by Crippen LogP contribution is -2.41. The summed E-state index contributed by atoms with van der Waals surface area (Å²) in [4.78, 5) is 12.2. The quantitative estimate of drug-likeness (QED) is 0.404. The van der Waals surface area contributed by atoms with E-state index in [1.807, 2.05) is 58.0 Å². The lowest BCUT2D eigenvalue weighted by molar-refractivity contribution is 0.00578. The summed E-state index contributed by atoms with van der Waals surface area (Å²) in [5, 5.41) is 2.66. The first-order valence-electron chi connectivity index (χ1n) is 10.1. The Kier molecular flexibility index (Phi) is 7.42. The molecule has 2 aromatic rings. The minimum Gasteiger partial charge on any atom is -0.445 e. The van der Waals surface area contributed by atoms with Crippen molar-refractivity contribution in [3.63, 3.8) is 0 Å². The van der Waals surface area contributed by atoms with Crippen LogP contribution in [-0.2, 0) is 20.7 Å². The summed E-state index contributed by atoms with van der Waals surface area (Å²) < 4.78 is 45.2. The zero-order valence-corrected chi connectivity index (χ0v) is 20.0. The van der Waals surface area contributed by atoms with Gasteiger partial charge in [0.2, 0.25) is 0 Å². The standard InChI is InChI=1S/C23H25BBrF2NO4/c1-22(2)23(3,4)32-24(31-22)17(10-16-11-18(26)20(25)19(27)12-16)13-28-21(29)30-14-15-8-6-5-7-9-15/h5-12H,13-14H2,1-4H3,(H,28,29). The van der Waals surface area contributed by atoms with E-state index in [1.54, 1.807) is 0 Å². The van der Waals surface area contributed by atoms with Crippen molar-refractivity contribution in [3.8, 4) is 0 Å². The van der Waals surface area contributed by atoms with Gasteiger partial charge >= 0.3 is 13.2 Å². The van der Waals surface area contributed by atoms with Crippen molar-refractivity contribution in [1.29, 1.82) is 0 Å². The van der Waals surface area contributed by atoms with Crippen LogP contribution in [0.2, 0.25) is 0 Å². The van der Waals surface area contributed by atoms with Crippen molar-refractivity contribution in [1.82, 2.24) is 5.32 Å². The lowest BCUT2D eigenvalue weighted by Gasteiger charge is -2.32. The van der Waals surface area contributed by atoms with Crippen molar-refractivity contribution in [2.24, 2.45) is 0 Å². The SMILES string of the molecule is CC1(C)OB(C(=Cc2cc(F)c(Br)c(F)c2)CNC(=O)OCc2ccccc2)OC1(C)C. The zero-order valence-electron chi connectivity index (χ0n) is 18.4. The highest BCUT2D eigenvalue weighted by molar-refractivity contribution is 9.10. The molecule has 32 heavy (non-hydrogen) atoms. The summed E-state index contributed by atoms with van der Waals surface area (Å²) in [6, 6.07) is 11.6. The third-order valence-corrected chi connectivity index (χ3v) is 6.32. The summed E-state index contributed by atoms with van der Waals surface area (Å²) in [6.07, 6.45) is 0.905. The molecule has 3 rings (SSSR count). The van der Waals surface area contributed by atoms with Crippen LogP contribution < -0.4 is 5.32 Å². The first-order valence-corrected chi connectivity index (χ1v) is 10.9. The summed E-state index contributed by atoms with van der Waals surface area (Å²) in [5.74, 6) is -1.47. The molecule has 1 N–H and O–H groups in total. The smallest absolute Gasteiger partial charge is 0.445 e. The molecule has 0 atom stereocenters. The van der Waals surface area contributed by atoms with E-state index >= 15 is 0 Å². The van der Waals surface area contributed by atoms with Gasteiger partial charge in [0, 0.05) is 6.54 Å². The number of carbonyl (C=O) groups excluding carboxylic acids is 1. The monoisotopic (exact) mass is 507 g/mol. The maximum absolute atomic E-state index is 14.0. The number of ether oxygens (including phenoxy) is 1. The van der Waals surface area contributed by atoms with Crippen LogP contribution >= 0.6 is 15.9 Å². The number of hydrogen-bond acceptors (Lipinski definition) is 4. The number of rotatable bonds is 6. The fraction of sp³-hybridized carbons (Fsp3) is 0.348. The maximum Gasteiger partial charge on any atom is 0.492 e. The predicted octanol–water partition coefficient (Wildman–Crippen LogP) is 5.67. The third kappa shape index (κ3) is 5.76. The second-order valence-electron chi connectivity index (χ2n) is 8.52. The molecule has 1 saturated heterocycles. The highest BCUT2D eigenvalue weighted by Gasteiger charge is 2.52. The van der Waals surface area contributed by atoms with Gasteiger partial charge < -0.3 is 19.4 Å². The van der Waals surface area contributed by atoms with E-state index in [9.17, 15) is 13.6 Å². The van der Waals surface area contributed by atoms with Crippen LogP contribution in [0.15, 0.2) is 52.4 Å². The molecule has 0 bridgehead atoms. The molecule has 5 nitrogen and oxygen atoms in total. The van der Waals surface area contributed by atoms with Crippen molar-refractivity contribution in [2.45, 2.75) is 45.5 Å². The fourth-order valence-corrected chi connectivity index (χ4v) is 3.25. The molecule has 0 aromatic heterocycles. The number of amides is 1. The molecule has 1 amide bonds. The van der Waals surface area contributed by atoms with Gasteiger partial charge in [-0.25, -0.2) is 13.6 Å². The van der Waals surface area contributed by atoms with E-state index in [-0.39, 0.29) is 23.2 Å². The van der Waals surface area contributed by atoms with Crippen molar-refractivity contribution in [3.05, 3.63) is 75.2 Å². The molecule has 9 heteroatoms. The Morgan fingerprint density at radius 3 is 2.22 bits per heavy atom. The Morgan fingerprint density at radius 1 is 1.09 bits per heavy atom. The number of hydrogen-bond donors (Lipinski definition) is 1. The van der Waals surface area contributed by atoms with Crippen LogP contribution in [0.25, 0.3) is 6.08 Å². The van der Waals surface area contributed by atoms with Gasteiger partial charge in [-0.05, 0) is 72.4 Å². The Balaban J connectivity index is 1.77. The molecule has 0 radical (unpaired) electrons. The van der Waals surface area contributed by atoms with Gasteiger partial charge in [0.05, 0.1) is 15.7 Å².